The number of nitrogens with one attached hydrogen (secondary N) is 2. The molecule has 1 rings (SSSR count). The fourth-order valence-electron chi connectivity index (χ4n) is 1.58. The highest BCUT2D eigenvalue weighted by Gasteiger charge is 2.21. The van der Waals surface area contributed by atoms with Gasteiger partial charge in [-0.1, -0.05) is 17.7 Å². The van der Waals surface area contributed by atoms with E-state index in [0.717, 1.165) is 0 Å². The van der Waals surface area contributed by atoms with Gasteiger partial charge in [0.1, 0.15) is 6.04 Å². The maximum Gasteiger partial charge on any atom is 0.326 e. The van der Waals surface area contributed by atoms with E-state index in [-0.39, 0.29) is 12.8 Å². The standard InChI is InChI=1S/C13H15ClN2O5/c1-7-8(14)3-2-4-9(7)15-13(21)16-10(12(19)20)5-6-11(17)18/h2-4,10H,5-6H2,1H3,(H,17,18)(H,19,20)(H2,15,16,21). The third kappa shape index (κ3) is 5.31. The van der Waals surface area contributed by atoms with Crippen LogP contribution in [0, 0.1) is 6.92 Å². The van der Waals surface area contributed by atoms with Crippen LogP contribution in [0.15, 0.2) is 18.2 Å². The van der Waals surface area contributed by atoms with Crippen molar-refractivity contribution in [3.8, 4) is 0 Å². The Balaban J connectivity index is 2.67. The van der Waals surface area contributed by atoms with Gasteiger partial charge in [0.05, 0.1) is 0 Å². The maximum atomic E-state index is 11.8. The monoisotopic (exact) mass is 314 g/mol. The van der Waals surface area contributed by atoms with Gasteiger partial charge in [0.2, 0.25) is 0 Å². The molecule has 0 heterocycles. The summed E-state index contributed by atoms with van der Waals surface area (Å²) >= 11 is 5.91. The fourth-order valence-corrected chi connectivity index (χ4v) is 1.76. The van der Waals surface area contributed by atoms with Crippen LogP contribution >= 0.6 is 11.6 Å². The lowest BCUT2D eigenvalue weighted by Gasteiger charge is -2.15. The number of carbonyl (C=O) groups excluding carboxylic acids is 1. The van der Waals surface area contributed by atoms with Gasteiger partial charge in [0.25, 0.3) is 0 Å². The zero-order valence-corrected chi connectivity index (χ0v) is 12.0. The van der Waals surface area contributed by atoms with Crippen molar-refractivity contribution in [3.63, 3.8) is 0 Å². The number of benzene rings is 1. The van der Waals surface area contributed by atoms with Crippen molar-refractivity contribution in [1.82, 2.24) is 5.32 Å². The van der Waals surface area contributed by atoms with Crippen LogP contribution in [0.1, 0.15) is 18.4 Å². The number of amides is 2. The van der Waals surface area contributed by atoms with Crippen LogP contribution in [-0.2, 0) is 9.59 Å². The molecule has 1 unspecified atom stereocenters. The number of carboxylic acids is 2. The third-order valence-electron chi connectivity index (χ3n) is 2.77. The van der Waals surface area contributed by atoms with E-state index in [4.69, 9.17) is 21.8 Å². The van der Waals surface area contributed by atoms with Gasteiger partial charge in [-0.25, -0.2) is 9.59 Å². The zero-order chi connectivity index (χ0) is 16.0. The summed E-state index contributed by atoms with van der Waals surface area (Å²) in [4.78, 5) is 33.2. The Hall–Kier alpha value is -2.28. The molecule has 8 heteroatoms. The van der Waals surface area contributed by atoms with Crippen LogP contribution in [0.3, 0.4) is 0 Å². The fraction of sp³-hybridized carbons (Fsp3) is 0.308. The second kappa shape index (κ2) is 7.49. The molecule has 0 bridgehead atoms. The number of carbonyl (C=O) groups is 3. The van der Waals surface area contributed by atoms with Crippen LogP contribution < -0.4 is 10.6 Å². The first kappa shape index (κ1) is 16.8. The lowest BCUT2D eigenvalue weighted by molar-refractivity contribution is -0.140. The molecule has 0 aromatic heterocycles. The van der Waals surface area contributed by atoms with Gasteiger partial charge >= 0.3 is 18.0 Å². The minimum atomic E-state index is -1.30. The minimum absolute atomic E-state index is 0.202. The Morgan fingerprint density at radius 3 is 2.52 bits per heavy atom. The molecule has 0 saturated heterocycles. The van der Waals surface area contributed by atoms with E-state index in [1.165, 1.54) is 0 Å². The summed E-state index contributed by atoms with van der Waals surface area (Å²) in [5.74, 6) is -2.43. The molecule has 114 valence electrons. The molecule has 0 aliphatic rings. The number of aliphatic carboxylic acids is 2. The highest BCUT2D eigenvalue weighted by molar-refractivity contribution is 6.31. The van der Waals surface area contributed by atoms with E-state index in [9.17, 15) is 14.4 Å². The summed E-state index contributed by atoms with van der Waals surface area (Å²) in [6.07, 6.45) is -0.556. The molecule has 0 aliphatic carbocycles. The van der Waals surface area contributed by atoms with Crippen molar-refractivity contribution in [3.05, 3.63) is 28.8 Å². The van der Waals surface area contributed by atoms with Crippen molar-refractivity contribution in [1.29, 1.82) is 0 Å². The number of halogens is 1. The number of carboxylic acid groups (broad SMARTS) is 2. The Bertz CT molecular complexity index is 561. The number of hydrogen-bond donors (Lipinski definition) is 4. The molecule has 0 spiro atoms. The largest absolute Gasteiger partial charge is 0.481 e. The van der Waals surface area contributed by atoms with E-state index in [0.29, 0.717) is 16.3 Å². The maximum absolute atomic E-state index is 11.8. The Kier molecular flexibility index (Phi) is 5.98. The summed E-state index contributed by atoms with van der Waals surface area (Å²) in [5.41, 5.74) is 1.09. The molecule has 4 N–H and O–H groups in total. The van der Waals surface area contributed by atoms with Crippen molar-refractivity contribution >= 4 is 35.3 Å². The topological polar surface area (TPSA) is 116 Å². The predicted octanol–water partition coefficient (Wildman–Crippen LogP) is 2.09. The summed E-state index contributed by atoms with van der Waals surface area (Å²) < 4.78 is 0. The first-order chi connectivity index (χ1) is 9.81. The van der Waals surface area contributed by atoms with E-state index in [1.54, 1.807) is 25.1 Å². The highest BCUT2D eigenvalue weighted by Crippen LogP contribution is 2.22. The van der Waals surface area contributed by atoms with Crippen molar-refractivity contribution in [2.24, 2.45) is 0 Å². The lowest BCUT2D eigenvalue weighted by Crippen LogP contribution is -2.43. The van der Waals surface area contributed by atoms with E-state index in [1.807, 2.05) is 0 Å². The van der Waals surface area contributed by atoms with Crippen LogP contribution in [0.4, 0.5) is 10.5 Å². The second-order valence-electron chi connectivity index (χ2n) is 4.33. The van der Waals surface area contributed by atoms with Crippen LogP contribution in [0.25, 0.3) is 0 Å². The quantitative estimate of drug-likeness (QED) is 0.641. The predicted molar refractivity (Wildman–Crippen MR) is 76.6 cm³/mol. The number of rotatable bonds is 6. The zero-order valence-electron chi connectivity index (χ0n) is 11.2. The van der Waals surface area contributed by atoms with Gasteiger partial charge in [-0.05, 0) is 31.0 Å². The summed E-state index contributed by atoms with van der Waals surface area (Å²) in [6.45, 7) is 1.71. The molecule has 0 radical (unpaired) electrons. The molecule has 21 heavy (non-hydrogen) atoms. The second-order valence-corrected chi connectivity index (χ2v) is 4.74. The van der Waals surface area contributed by atoms with E-state index >= 15 is 0 Å². The van der Waals surface area contributed by atoms with Gasteiger partial charge in [0.15, 0.2) is 0 Å². The van der Waals surface area contributed by atoms with E-state index < -0.39 is 24.0 Å². The molecule has 1 aromatic carbocycles. The molecule has 7 nitrogen and oxygen atoms in total. The Morgan fingerprint density at radius 2 is 1.95 bits per heavy atom. The molecular weight excluding hydrogens is 300 g/mol. The van der Waals surface area contributed by atoms with Gasteiger partial charge in [-0.2, -0.15) is 0 Å². The van der Waals surface area contributed by atoms with Crippen molar-refractivity contribution in [2.75, 3.05) is 5.32 Å². The molecular formula is C13H15ClN2O5. The summed E-state index contributed by atoms with van der Waals surface area (Å²) in [5, 5.41) is 22.6. The van der Waals surface area contributed by atoms with Crippen LogP contribution in [0.5, 0.6) is 0 Å². The third-order valence-corrected chi connectivity index (χ3v) is 3.18. The molecule has 0 saturated carbocycles. The van der Waals surface area contributed by atoms with Crippen LogP contribution in [-0.4, -0.2) is 34.2 Å². The molecule has 0 aliphatic heterocycles. The van der Waals surface area contributed by atoms with Gasteiger partial charge in [-0.15, -0.1) is 0 Å². The molecule has 0 fully saturated rings. The van der Waals surface area contributed by atoms with Crippen LogP contribution in [0.2, 0.25) is 5.02 Å². The van der Waals surface area contributed by atoms with Gasteiger partial charge in [0, 0.05) is 17.1 Å². The van der Waals surface area contributed by atoms with Gasteiger partial charge < -0.3 is 20.8 Å². The first-order valence-corrected chi connectivity index (χ1v) is 6.46. The first-order valence-electron chi connectivity index (χ1n) is 6.08. The Morgan fingerprint density at radius 1 is 1.29 bits per heavy atom. The van der Waals surface area contributed by atoms with E-state index in [2.05, 4.69) is 10.6 Å². The highest BCUT2D eigenvalue weighted by atomic mass is 35.5. The lowest BCUT2D eigenvalue weighted by atomic mass is 10.1. The summed E-state index contributed by atoms with van der Waals surface area (Å²) in [7, 11) is 0. The normalized spacial score (nSPS) is 11.5. The number of urea groups is 1. The average molecular weight is 315 g/mol. The van der Waals surface area contributed by atoms with Gasteiger partial charge in [-0.3, -0.25) is 4.79 Å². The van der Waals surface area contributed by atoms with Crippen molar-refractivity contribution < 1.29 is 24.6 Å². The number of anilines is 1. The Labute approximate surface area is 125 Å². The average Bonchev–Trinajstić information content (AvgIpc) is 2.39. The van der Waals surface area contributed by atoms with Crippen molar-refractivity contribution in [2.45, 2.75) is 25.8 Å². The summed E-state index contributed by atoms with van der Waals surface area (Å²) in [6, 6.07) is 2.91. The SMILES string of the molecule is Cc1c(Cl)cccc1NC(=O)NC(CCC(=O)O)C(=O)O. The molecule has 1 aromatic rings. The molecule has 2 amide bonds. The smallest absolute Gasteiger partial charge is 0.326 e. The molecule has 1 atom stereocenters. The number of hydrogen-bond acceptors (Lipinski definition) is 3. The minimum Gasteiger partial charge on any atom is -0.481 e.